The van der Waals surface area contributed by atoms with Crippen molar-refractivity contribution >= 4 is 23.7 Å². The van der Waals surface area contributed by atoms with Gasteiger partial charge in [0.15, 0.2) is 5.16 Å². The second-order valence-electron chi connectivity index (χ2n) is 4.88. The maximum absolute atomic E-state index is 10.6. The van der Waals surface area contributed by atoms with E-state index in [2.05, 4.69) is 34.1 Å². The average Bonchev–Trinajstić information content (AvgIpc) is 2.93. The molecule has 8 heteroatoms. The van der Waals surface area contributed by atoms with Crippen LogP contribution >= 0.6 is 11.8 Å². The van der Waals surface area contributed by atoms with Crippen LogP contribution in [-0.2, 0) is 11.8 Å². The van der Waals surface area contributed by atoms with E-state index in [1.54, 1.807) is 0 Å². The number of nitrogens with zero attached hydrogens (tertiary/aromatic N) is 5. The van der Waals surface area contributed by atoms with Crippen molar-refractivity contribution in [3.05, 3.63) is 0 Å². The number of hydrogen-bond donors (Lipinski definition) is 1. The third-order valence-electron chi connectivity index (χ3n) is 3.31. The van der Waals surface area contributed by atoms with Crippen LogP contribution < -0.4 is 4.90 Å². The SMILES string of the molecule is CN(C)C1CCN(c2nnc(SCC(=O)O)n2C)C1. The van der Waals surface area contributed by atoms with Gasteiger partial charge in [0.2, 0.25) is 5.95 Å². The van der Waals surface area contributed by atoms with Gasteiger partial charge in [0.05, 0.1) is 5.75 Å². The van der Waals surface area contributed by atoms with Crippen molar-refractivity contribution in [2.24, 2.45) is 7.05 Å². The van der Waals surface area contributed by atoms with Crippen LogP contribution in [0.5, 0.6) is 0 Å². The molecule has 1 aliphatic rings. The molecule has 106 valence electrons. The Morgan fingerprint density at radius 2 is 2.26 bits per heavy atom. The molecule has 0 amide bonds. The van der Waals surface area contributed by atoms with E-state index < -0.39 is 5.97 Å². The van der Waals surface area contributed by atoms with Crippen molar-refractivity contribution in [2.75, 3.05) is 37.8 Å². The van der Waals surface area contributed by atoms with E-state index in [4.69, 9.17) is 5.11 Å². The number of likely N-dealkylation sites (N-methyl/N-ethyl adjacent to an activating group) is 1. The standard InChI is InChI=1S/C11H19N5O2S/c1-14(2)8-4-5-16(6-8)10-12-13-11(15(10)3)19-7-9(17)18/h8H,4-7H2,1-3H3,(H,17,18). The highest BCUT2D eigenvalue weighted by Gasteiger charge is 2.27. The monoisotopic (exact) mass is 285 g/mol. The third-order valence-corrected chi connectivity index (χ3v) is 4.32. The molecule has 1 unspecified atom stereocenters. The lowest BCUT2D eigenvalue weighted by Gasteiger charge is -2.20. The molecule has 0 aromatic carbocycles. The Bertz CT molecular complexity index is 462. The van der Waals surface area contributed by atoms with Gasteiger partial charge in [-0.3, -0.25) is 9.36 Å². The molecule has 7 nitrogen and oxygen atoms in total. The first-order chi connectivity index (χ1) is 8.99. The zero-order valence-electron chi connectivity index (χ0n) is 11.4. The average molecular weight is 285 g/mol. The van der Waals surface area contributed by atoms with Crippen LogP contribution in [0.3, 0.4) is 0 Å². The number of rotatable bonds is 5. The minimum atomic E-state index is -0.844. The van der Waals surface area contributed by atoms with Crippen LogP contribution in [0.1, 0.15) is 6.42 Å². The Labute approximate surface area is 116 Å². The molecule has 1 N–H and O–H groups in total. The first-order valence-corrected chi connectivity index (χ1v) is 7.13. The third kappa shape index (κ3) is 3.19. The van der Waals surface area contributed by atoms with Gasteiger partial charge in [-0.2, -0.15) is 0 Å². The fourth-order valence-corrected chi connectivity index (χ4v) is 2.81. The second kappa shape index (κ2) is 5.79. The lowest BCUT2D eigenvalue weighted by Crippen LogP contribution is -2.32. The summed E-state index contributed by atoms with van der Waals surface area (Å²) in [6.07, 6.45) is 1.11. The largest absolute Gasteiger partial charge is 0.481 e. The molecule has 2 heterocycles. The summed E-state index contributed by atoms with van der Waals surface area (Å²) in [5.74, 6) is -0.0209. The van der Waals surface area contributed by atoms with Crippen molar-refractivity contribution in [2.45, 2.75) is 17.6 Å². The zero-order valence-corrected chi connectivity index (χ0v) is 12.2. The maximum atomic E-state index is 10.6. The van der Waals surface area contributed by atoms with Gasteiger partial charge < -0.3 is 14.9 Å². The van der Waals surface area contributed by atoms with Crippen molar-refractivity contribution < 1.29 is 9.90 Å². The molecule has 1 aromatic rings. The summed E-state index contributed by atoms with van der Waals surface area (Å²) in [6.45, 7) is 1.89. The normalized spacial score (nSPS) is 19.4. The van der Waals surface area contributed by atoms with Crippen LogP contribution in [0, 0.1) is 0 Å². The molecule has 0 radical (unpaired) electrons. The van der Waals surface area contributed by atoms with Crippen LogP contribution in [0.25, 0.3) is 0 Å². The number of carboxylic acids is 1. The molecule has 2 rings (SSSR count). The Hall–Kier alpha value is -1.28. The van der Waals surface area contributed by atoms with Crippen molar-refractivity contribution in [1.29, 1.82) is 0 Å². The second-order valence-corrected chi connectivity index (χ2v) is 5.82. The number of hydrogen-bond acceptors (Lipinski definition) is 6. The predicted molar refractivity (Wildman–Crippen MR) is 73.7 cm³/mol. The number of aromatic nitrogens is 3. The van der Waals surface area contributed by atoms with Crippen LogP contribution in [0.15, 0.2) is 5.16 Å². The first kappa shape index (κ1) is 14.1. The topological polar surface area (TPSA) is 74.5 Å². The van der Waals surface area contributed by atoms with E-state index in [9.17, 15) is 4.79 Å². The Morgan fingerprint density at radius 3 is 2.84 bits per heavy atom. The highest BCUT2D eigenvalue weighted by atomic mass is 32.2. The molecular weight excluding hydrogens is 266 g/mol. The Balaban J connectivity index is 2.04. The summed E-state index contributed by atoms with van der Waals surface area (Å²) < 4.78 is 1.87. The summed E-state index contributed by atoms with van der Waals surface area (Å²) in [4.78, 5) is 15.0. The van der Waals surface area contributed by atoms with E-state index in [-0.39, 0.29) is 5.75 Å². The minimum absolute atomic E-state index is 0.00625. The number of aliphatic carboxylic acids is 1. The van der Waals surface area contributed by atoms with Gasteiger partial charge in [0.25, 0.3) is 0 Å². The summed E-state index contributed by atoms with van der Waals surface area (Å²) in [7, 11) is 6.04. The summed E-state index contributed by atoms with van der Waals surface area (Å²) in [5, 5.41) is 17.6. The van der Waals surface area contributed by atoms with Gasteiger partial charge in [-0.1, -0.05) is 11.8 Å². The molecule has 19 heavy (non-hydrogen) atoms. The molecule has 1 aromatic heterocycles. The molecule has 0 bridgehead atoms. The van der Waals surface area contributed by atoms with E-state index >= 15 is 0 Å². The van der Waals surface area contributed by atoms with Crippen molar-refractivity contribution in [1.82, 2.24) is 19.7 Å². The van der Waals surface area contributed by atoms with Gasteiger partial charge in [0, 0.05) is 26.2 Å². The molecule has 1 saturated heterocycles. The van der Waals surface area contributed by atoms with Gasteiger partial charge in [-0.25, -0.2) is 0 Å². The fourth-order valence-electron chi connectivity index (χ4n) is 2.18. The van der Waals surface area contributed by atoms with Gasteiger partial charge in [-0.05, 0) is 20.5 Å². The van der Waals surface area contributed by atoms with Gasteiger partial charge in [-0.15, -0.1) is 10.2 Å². The van der Waals surface area contributed by atoms with Crippen molar-refractivity contribution in [3.63, 3.8) is 0 Å². The summed E-state index contributed by atoms with van der Waals surface area (Å²) in [6, 6.07) is 0.534. The molecule has 0 saturated carbocycles. The van der Waals surface area contributed by atoms with Crippen molar-refractivity contribution in [3.8, 4) is 0 Å². The minimum Gasteiger partial charge on any atom is -0.481 e. The summed E-state index contributed by atoms with van der Waals surface area (Å²) >= 11 is 1.19. The predicted octanol–water partition coefficient (Wildman–Crippen LogP) is 0.132. The quantitative estimate of drug-likeness (QED) is 0.771. The summed E-state index contributed by atoms with van der Waals surface area (Å²) in [5.41, 5.74) is 0. The zero-order chi connectivity index (χ0) is 14.0. The number of carboxylic acid groups (broad SMARTS) is 1. The molecule has 1 atom stereocenters. The molecular formula is C11H19N5O2S. The van der Waals surface area contributed by atoms with Gasteiger partial charge >= 0.3 is 5.97 Å². The molecule has 0 aliphatic carbocycles. The van der Waals surface area contributed by atoms with Crippen LogP contribution in [0.4, 0.5) is 5.95 Å². The smallest absolute Gasteiger partial charge is 0.313 e. The Morgan fingerprint density at radius 1 is 1.53 bits per heavy atom. The number of anilines is 1. The molecule has 0 spiro atoms. The molecule has 1 fully saturated rings. The number of thioether (sulfide) groups is 1. The maximum Gasteiger partial charge on any atom is 0.313 e. The van der Waals surface area contributed by atoms with Crippen LogP contribution in [0.2, 0.25) is 0 Å². The van der Waals surface area contributed by atoms with E-state index in [1.165, 1.54) is 11.8 Å². The lowest BCUT2D eigenvalue weighted by atomic mass is 10.2. The highest BCUT2D eigenvalue weighted by molar-refractivity contribution is 7.99. The molecule has 1 aliphatic heterocycles. The van der Waals surface area contributed by atoms with Gasteiger partial charge in [0.1, 0.15) is 0 Å². The fraction of sp³-hybridized carbons (Fsp3) is 0.727. The Kier molecular flexibility index (Phi) is 4.31. The highest BCUT2D eigenvalue weighted by Crippen LogP contribution is 2.24. The van der Waals surface area contributed by atoms with E-state index in [0.29, 0.717) is 11.2 Å². The van der Waals surface area contributed by atoms with Crippen LogP contribution in [-0.4, -0.2) is 69.7 Å². The number of carbonyl (C=O) groups is 1. The lowest BCUT2D eigenvalue weighted by molar-refractivity contribution is -0.133. The first-order valence-electron chi connectivity index (χ1n) is 6.14. The van der Waals surface area contributed by atoms with E-state index in [0.717, 1.165) is 25.5 Å². The van der Waals surface area contributed by atoms with E-state index in [1.807, 2.05) is 11.6 Å².